The lowest BCUT2D eigenvalue weighted by Gasteiger charge is -2.37. The fraction of sp³-hybridized carbons (Fsp3) is 0.650. The molecule has 0 aromatic heterocycles. The van der Waals surface area contributed by atoms with Gasteiger partial charge in [0.1, 0.15) is 0 Å². The van der Waals surface area contributed by atoms with Gasteiger partial charge in [0, 0.05) is 24.4 Å². The molecule has 0 unspecified atom stereocenters. The van der Waals surface area contributed by atoms with Crippen LogP contribution in [0.4, 0.5) is 11.4 Å². The molecule has 1 aliphatic carbocycles. The van der Waals surface area contributed by atoms with E-state index in [0.717, 1.165) is 28.7 Å². The van der Waals surface area contributed by atoms with E-state index in [2.05, 4.69) is 32.6 Å². The Kier molecular flexibility index (Phi) is 5.61. The van der Waals surface area contributed by atoms with Crippen LogP contribution >= 0.6 is 11.8 Å². The summed E-state index contributed by atoms with van der Waals surface area (Å²) in [6.45, 7) is 9.67. The number of nitrogens with zero attached hydrogens (tertiary/aromatic N) is 3. The zero-order chi connectivity index (χ0) is 18.9. The summed E-state index contributed by atoms with van der Waals surface area (Å²) >= 11 is 1.86. The smallest absolute Gasteiger partial charge is 0.269 e. The van der Waals surface area contributed by atoms with Crippen molar-refractivity contribution in [3.05, 3.63) is 33.9 Å². The van der Waals surface area contributed by atoms with Crippen molar-refractivity contribution in [2.24, 2.45) is 10.9 Å². The van der Waals surface area contributed by atoms with Crippen LogP contribution in [0.1, 0.15) is 64.9 Å². The Morgan fingerprint density at radius 2 is 1.96 bits per heavy atom. The lowest BCUT2D eigenvalue weighted by Crippen LogP contribution is -2.47. The van der Waals surface area contributed by atoms with Crippen molar-refractivity contribution in [2.45, 2.75) is 64.8 Å². The van der Waals surface area contributed by atoms with Crippen LogP contribution < -0.4 is 0 Å². The highest BCUT2D eigenvalue weighted by atomic mass is 32.2. The first kappa shape index (κ1) is 19.2. The largest absolute Gasteiger partial charge is 0.344 e. The number of rotatable bonds is 5. The molecular formula is C20H29N3O2S. The number of amidine groups is 1. The van der Waals surface area contributed by atoms with E-state index >= 15 is 0 Å². The first-order chi connectivity index (χ1) is 12.3. The van der Waals surface area contributed by atoms with Crippen molar-refractivity contribution in [3.8, 4) is 0 Å². The van der Waals surface area contributed by atoms with Crippen LogP contribution in [0.2, 0.25) is 0 Å². The van der Waals surface area contributed by atoms with Gasteiger partial charge in [-0.05, 0) is 36.3 Å². The van der Waals surface area contributed by atoms with Crippen LogP contribution in [0, 0.1) is 16.0 Å². The standard InChI is InChI=1S/C20H29N3O2S/c1-14(2)12-22-19(26-13-20(22)9-5-6-10-20)21-18-8-7-16(23(24)25)11-17(18)15(3)4/h7-8,11,14-15H,5-6,9-10,12-13H2,1-4H3. The minimum Gasteiger partial charge on any atom is -0.344 e. The fourth-order valence-corrected chi connectivity index (χ4v) is 5.49. The maximum Gasteiger partial charge on any atom is 0.269 e. The van der Waals surface area contributed by atoms with Crippen LogP contribution in [0.5, 0.6) is 0 Å². The number of aliphatic imine (C=N–C) groups is 1. The van der Waals surface area contributed by atoms with E-state index < -0.39 is 0 Å². The highest BCUT2D eigenvalue weighted by molar-refractivity contribution is 8.14. The van der Waals surface area contributed by atoms with Crippen molar-refractivity contribution in [1.82, 2.24) is 4.90 Å². The SMILES string of the molecule is CC(C)CN1C(=Nc2ccc([N+](=O)[O-])cc2C(C)C)SCC12CCCC2. The molecule has 1 heterocycles. The molecule has 5 nitrogen and oxygen atoms in total. The Morgan fingerprint density at radius 1 is 1.27 bits per heavy atom. The minimum absolute atomic E-state index is 0.142. The lowest BCUT2D eigenvalue weighted by molar-refractivity contribution is -0.384. The predicted molar refractivity (Wildman–Crippen MR) is 109 cm³/mol. The van der Waals surface area contributed by atoms with Gasteiger partial charge in [-0.1, -0.05) is 52.3 Å². The number of benzene rings is 1. The summed E-state index contributed by atoms with van der Waals surface area (Å²) in [7, 11) is 0. The van der Waals surface area contributed by atoms with E-state index in [9.17, 15) is 10.1 Å². The molecular weight excluding hydrogens is 346 g/mol. The summed E-state index contributed by atoms with van der Waals surface area (Å²) in [5, 5.41) is 12.2. The molecule has 1 aliphatic heterocycles. The average molecular weight is 376 g/mol. The summed E-state index contributed by atoms with van der Waals surface area (Å²) in [5.74, 6) is 1.89. The molecule has 1 aromatic rings. The van der Waals surface area contributed by atoms with Gasteiger partial charge in [-0.15, -0.1) is 0 Å². The van der Waals surface area contributed by atoms with Crippen LogP contribution in [0.15, 0.2) is 23.2 Å². The number of nitro benzene ring substituents is 1. The molecule has 0 atom stereocenters. The van der Waals surface area contributed by atoms with Crippen molar-refractivity contribution in [1.29, 1.82) is 0 Å². The van der Waals surface area contributed by atoms with E-state index in [4.69, 9.17) is 4.99 Å². The Hall–Kier alpha value is -1.56. The van der Waals surface area contributed by atoms with E-state index in [1.54, 1.807) is 12.1 Å². The van der Waals surface area contributed by atoms with E-state index in [1.807, 2.05) is 17.8 Å². The summed E-state index contributed by atoms with van der Waals surface area (Å²) in [4.78, 5) is 18.4. The molecule has 0 amide bonds. The van der Waals surface area contributed by atoms with E-state index in [-0.39, 0.29) is 22.1 Å². The van der Waals surface area contributed by atoms with Gasteiger partial charge in [0.25, 0.3) is 5.69 Å². The molecule has 2 aliphatic rings. The molecule has 1 aromatic carbocycles. The third-order valence-corrected chi connectivity index (χ3v) is 6.67. The summed E-state index contributed by atoms with van der Waals surface area (Å²) in [6.07, 6.45) is 5.11. The zero-order valence-corrected chi connectivity index (χ0v) is 17.0. The third kappa shape index (κ3) is 3.75. The van der Waals surface area contributed by atoms with Gasteiger partial charge in [-0.25, -0.2) is 4.99 Å². The minimum atomic E-state index is -0.328. The average Bonchev–Trinajstić information content (AvgIpc) is 3.17. The monoisotopic (exact) mass is 375 g/mol. The predicted octanol–water partition coefficient (Wildman–Crippen LogP) is 5.72. The van der Waals surface area contributed by atoms with Gasteiger partial charge in [-0.2, -0.15) is 0 Å². The molecule has 26 heavy (non-hydrogen) atoms. The molecule has 0 radical (unpaired) electrons. The van der Waals surface area contributed by atoms with Crippen LogP contribution in [0.3, 0.4) is 0 Å². The molecule has 0 N–H and O–H groups in total. The highest BCUT2D eigenvalue weighted by Crippen LogP contribution is 2.46. The second-order valence-corrected chi connectivity index (χ2v) is 9.22. The topological polar surface area (TPSA) is 58.7 Å². The first-order valence-electron chi connectivity index (χ1n) is 9.60. The quantitative estimate of drug-likeness (QED) is 0.487. The molecule has 3 rings (SSSR count). The summed E-state index contributed by atoms with van der Waals surface area (Å²) in [5.41, 5.74) is 2.23. The van der Waals surface area contributed by atoms with Crippen LogP contribution in [0.25, 0.3) is 0 Å². The number of nitro groups is 1. The van der Waals surface area contributed by atoms with Gasteiger partial charge in [0.05, 0.1) is 16.1 Å². The second kappa shape index (κ2) is 7.59. The summed E-state index contributed by atoms with van der Waals surface area (Å²) < 4.78 is 0. The molecule has 142 valence electrons. The maximum absolute atomic E-state index is 11.1. The molecule has 6 heteroatoms. The van der Waals surface area contributed by atoms with E-state index in [0.29, 0.717) is 5.92 Å². The Labute approximate surface area is 160 Å². The van der Waals surface area contributed by atoms with Crippen molar-refractivity contribution in [3.63, 3.8) is 0 Å². The van der Waals surface area contributed by atoms with Crippen LogP contribution in [-0.4, -0.2) is 32.8 Å². The summed E-state index contributed by atoms with van der Waals surface area (Å²) in [6, 6.07) is 5.07. The third-order valence-electron chi connectivity index (χ3n) is 5.42. The molecule has 1 saturated heterocycles. The number of thioether (sulfide) groups is 1. The number of hydrogen-bond donors (Lipinski definition) is 0. The van der Waals surface area contributed by atoms with Crippen LogP contribution in [-0.2, 0) is 0 Å². The Morgan fingerprint density at radius 3 is 2.54 bits per heavy atom. The lowest BCUT2D eigenvalue weighted by atomic mass is 9.97. The molecule has 1 spiro atoms. The fourth-order valence-electron chi connectivity index (χ4n) is 4.06. The zero-order valence-electron chi connectivity index (χ0n) is 16.2. The van der Waals surface area contributed by atoms with Crippen molar-refractivity contribution in [2.75, 3.05) is 12.3 Å². The van der Waals surface area contributed by atoms with Crippen molar-refractivity contribution >= 4 is 28.3 Å². The van der Waals surface area contributed by atoms with Gasteiger partial charge >= 0.3 is 0 Å². The molecule has 1 saturated carbocycles. The van der Waals surface area contributed by atoms with Gasteiger partial charge < -0.3 is 4.90 Å². The molecule has 2 fully saturated rings. The normalized spacial score (nSPS) is 20.8. The highest BCUT2D eigenvalue weighted by Gasteiger charge is 2.46. The first-order valence-corrected chi connectivity index (χ1v) is 10.6. The number of non-ortho nitro benzene ring substituents is 1. The Balaban J connectivity index is 1.99. The number of hydrogen-bond acceptors (Lipinski definition) is 4. The Bertz CT molecular complexity index is 709. The van der Waals surface area contributed by atoms with Crippen molar-refractivity contribution < 1.29 is 4.92 Å². The van der Waals surface area contributed by atoms with Gasteiger partial charge in [-0.3, -0.25) is 10.1 Å². The van der Waals surface area contributed by atoms with E-state index in [1.165, 1.54) is 25.7 Å². The second-order valence-electron chi connectivity index (χ2n) is 8.27. The maximum atomic E-state index is 11.1. The van der Waals surface area contributed by atoms with Gasteiger partial charge in [0.2, 0.25) is 0 Å². The molecule has 0 bridgehead atoms. The van der Waals surface area contributed by atoms with Gasteiger partial charge in [0.15, 0.2) is 5.17 Å².